The molecule has 110 valence electrons. The van der Waals surface area contributed by atoms with Gasteiger partial charge in [0.25, 0.3) is 0 Å². The summed E-state index contributed by atoms with van der Waals surface area (Å²) < 4.78 is 0. The second kappa shape index (κ2) is 6.99. The first-order chi connectivity index (χ1) is 10.0. The van der Waals surface area contributed by atoms with Gasteiger partial charge in [-0.15, -0.1) is 11.3 Å². The highest BCUT2D eigenvalue weighted by molar-refractivity contribution is 7.09. The molecule has 6 heteroatoms. The van der Waals surface area contributed by atoms with Crippen LogP contribution in [0.4, 0.5) is 5.69 Å². The molecule has 0 unspecified atom stereocenters. The van der Waals surface area contributed by atoms with Crippen molar-refractivity contribution in [2.24, 2.45) is 5.10 Å². The lowest BCUT2D eigenvalue weighted by atomic mass is 10.2. The lowest BCUT2D eigenvalue weighted by Crippen LogP contribution is -2.19. The van der Waals surface area contributed by atoms with Gasteiger partial charge in [-0.2, -0.15) is 5.10 Å². The van der Waals surface area contributed by atoms with E-state index in [4.69, 9.17) is 0 Å². The van der Waals surface area contributed by atoms with Crippen LogP contribution in [0.15, 0.2) is 34.7 Å². The molecule has 1 aromatic carbocycles. The van der Waals surface area contributed by atoms with Gasteiger partial charge in [0, 0.05) is 25.2 Å². The molecular formula is C15H18N4OS. The minimum atomic E-state index is -0.165. The van der Waals surface area contributed by atoms with E-state index in [1.54, 1.807) is 6.21 Å². The third-order valence-corrected chi connectivity index (χ3v) is 3.64. The Morgan fingerprint density at radius 2 is 2.10 bits per heavy atom. The van der Waals surface area contributed by atoms with Gasteiger partial charge in [-0.3, -0.25) is 4.79 Å². The number of nitrogens with zero attached hydrogens (tertiary/aromatic N) is 3. The maximum atomic E-state index is 11.7. The quantitative estimate of drug-likeness (QED) is 0.680. The summed E-state index contributed by atoms with van der Waals surface area (Å²) in [5.74, 6) is -0.165. The Morgan fingerprint density at radius 3 is 2.67 bits per heavy atom. The minimum absolute atomic E-state index is 0.165. The Balaban J connectivity index is 1.85. The molecule has 1 heterocycles. The lowest BCUT2D eigenvalue weighted by molar-refractivity contribution is -0.120. The van der Waals surface area contributed by atoms with Crippen LogP contribution in [0.5, 0.6) is 0 Å². The van der Waals surface area contributed by atoms with Crippen molar-refractivity contribution in [1.29, 1.82) is 0 Å². The first-order valence-corrected chi connectivity index (χ1v) is 7.43. The molecule has 0 saturated heterocycles. The second-order valence-corrected chi connectivity index (χ2v) is 5.88. The number of anilines is 1. The van der Waals surface area contributed by atoms with Gasteiger partial charge in [0.1, 0.15) is 0 Å². The van der Waals surface area contributed by atoms with Crippen molar-refractivity contribution in [3.05, 3.63) is 45.9 Å². The van der Waals surface area contributed by atoms with E-state index in [9.17, 15) is 4.79 Å². The fourth-order valence-electron chi connectivity index (χ4n) is 1.73. The Kier molecular flexibility index (Phi) is 5.05. The molecule has 0 atom stereocenters. The number of aryl methyl sites for hydroxylation is 1. The standard InChI is InChI=1S/C15H18N4OS/c1-11-17-13(10-21-11)8-15(20)18-16-9-12-4-6-14(7-5-12)19(2)3/h4-7,9-10H,8H2,1-3H3,(H,18,20)/b16-9-. The maximum Gasteiger partial charge on any atom is 0.246 e. The molecule has 5 nitrogen and oxygen atoms in total. The number of aromatic nitrogens is 1. The molecule has 2 aromatic rings. The number of nitrogens with one attached hydrogen (secondary N) is 1. The molecule has 0 saturated carbocycles. The number of hydrazone groups is 1. The molecule has 2 rings (SSSR count). The first-order valence-electron chi connectivity index (χ1n) is 6.55. The van der Waals surface area contributed by atoms with E-state index in [0.29, 0.717) is 0 Å². The third kappa shape index (κ3) is 4.68. The topological polar surface area (TPSA) is 57.6 Å². The summed E-state index contributed by atoms with van der Waals surface area (Å²) >= 11 is 1.54. The second-order valence-electron chi connectivity index (χ2n) is 4.81. The van der Waals surface area contributed by atoms with E-state index in [0.717, 1.165) is 22.0 Å². The Bertz CT molecular complexity index is 631. The van der Waals surface area contributed by atoms with Crippen LogP contribution in [0, 0.1) is 6.92 Å². The fraction of sp³-hybridized carbons (Fsp3) is 0.267. The highest BCUT2D eigenvalue weighted by atomic mass is 32.1. The highest BCUT2D eigenvalue weighted by Gasteiger charge is 2.04. The molecule has 0 spiro atoms. The van der Waals surface area contributed by atoms with Gasteiger partial charge < -0.3 is 4.90 Å². The Morgan fingerprint density at radius 1 is 1.38 bits per heavy atom. The monoisotopic (exact) mass is 302 g/mol. The Labute approximate surface area is 128 Å². The number of thiazole rings is 1. The summed E-state index contributed by atoms with van der Waals surface area (Å²) in [6.45, 7) is 1.92. The van der Waals surface area contributed by atoms with Gasteiger partial charge in [-0.05, 0) is 24.6 Å². The van der Waals surface area contributed by atoms with Gasteiger partial charge in [-0.1, -0.05) is 12.1 Å². The van der Waals surface area contributed by atoms with Crippen molar-refractivity contribution in [1.82, 2.24) is 10.4 Å². The van der Waals surface area contributed by atoms with Crippen LogP contribution in [-0.4, -0.2) is 31.2 Å². The summed E-state index contributed by atoms with van der Waals surface area (Å²) in [5, 5.41) is 6.80. The molecule has 0 bridgehead atoms. The van der Waals surface area contributed by atoms with Crippen LogP contribution < -0.4 is 10.3 Å². The van der Waals surface area contributed by atoms with Crippen molar-refractivity contribution in [3.63, 3.8) is 0 Å². The molecule has 0 aliphatic carbocycles. The minimum Gasteiger partial charge on any atom is -0.378 e. The number of carbonyl (C=O) groups is 1. The van der Waals surface area contributed by atoms with Crippen LogP contribution in [-0.2, 0) is 11.2 Å². The van der Waals surface area contributed by atoms with E-state index in [-0.39, 0.29) is 12.3 Å². The average Bonchev–Trinajstić information content (AvgIpc) is 2.84. The summed E-state index contributed by atoms with van der Waals surface area (Å²) in [7, 11) is 3.98. The van der Waals surface area contributed by atoms with E-state index in [1.165, 1.54) is 11.3 Å². The van der Waals surface area contributed by atoms with Crippen LogP contribution in [0.25, 0.3) is 0 Å². The molecular weight excluding hydrogens is 284 g/mol. The van der Waals surface area contributed by atoms with Crippen molar-refractivity contribution >= 4 is 29.1 Å². The molecule has 1 N–H and O–H groups in total. The predicted molar refractivity (Wildman–Crippen MR) is 87.1 cm³/mol. The van der Waals surface area contributed by atoms with Gasteiger partial charge >= 0.3 is 0 Å². The fourth-order valence-corrected chi connectivity index (χ4v) is 2.34. The smallest absolute Gasteiger partial charge is 0.246 e. The summed E-state index contributed by atoms with van der Waals surface area (Å²) in [4.78, 5) is 18.0. The van der Waals surface area contributed by atoms with Crippen LogP contribution in [0.2, 0.25) is 0 Å². The summed E-state index contributed by atoms with van der Waals surface area (Å²) in [5.41, 5.74) is 5.35. The number of rotatable bonds is 5. The SMILES string of the molecule is Cc1nc(CC(=O)N/N=C\c2ccc(N(C)C)cc2)cs1. The van der Waals surface area contributed by atoms with E-state index in [1.807, 2.05) is 55.6 Å². The van der Waals surface area contributed by atoms with Gasteiger partial charge in [-0.25, -0.2) is 10.4 Å². The maximum absolute atomic E-state index is 11.7. The van der Waals surface area contributed by atoms with Gasteiger partial charge in [0.2, 0.25) is 5.91 Å². The lowest BCUT2D eigenvalue weighted by Gasteiger charge is -2.11. The largest absolute Gasteiger partial charge is 0.378 e. The molecule has 1 amide bonds. The first kappa shape index (κ1) is 15.2. The number of amides is 1. The summed E-state index contributed by atoms with van der Waals surface area (Å²) in [6.07, 6.45) is 1.88. The number of carbonyl (C=O) groups excluding carboxylic acids is 1. The van der Waals surface area contributed by atoms with Crippen LogP contribution in [0.1, 0.15) is 16.3 Å². The zero-order valence-electron chi connectivity index (χ0n) is 12.3. The predicted octanol–water partition coefficient (Wildman–Crippen LogP) is 2.21. The zero-order chi connectivity index (χ0) is 15.2. The molecule has 0 fully saturated rings. The number of hydrogen-bond donors (Lipinski definition) is 1. The highest BCUT2D eigenvalue weighted by Crippen LogP contribution is 2.11. The van der Waals surface area contributed by atoms with E-state index < -0.39 is 0 Å². The molecule has 1 aromatic heterocycles. The molecule has 0 aliphatic rings. The average molecular weight is 302 g/mol. The molecule has 21 heavy (non-hydrogen) atoms. The normalized spacial score (nSPS) is 10.8. The van der Waals surface area contributed by atoms with Gasteiger partial charge in [0.05, 0.1) is 23.3 Å². The zero-order valence-corrected chi connectivity index (χ0v) is 13.1. The van der Waals surface area contributed by atoms with E-state index >= 15 is 0 Å². The third-order valence-electron chi connectivity index (χ3n) is 2.82. The molecule has 0 radical (unpaired) electrons. The van der Waals surface area contributed by atoms with E-state index in [2.05, 4.69) is 15.5 Å². The Hall–Kier alpha value is -2.21. The summed E-state index contributed by atoms with van der Waals surface area (Å²) in [6, 6.07) is 7.91. The number of benzene rings is 1. The van der Waals surface area contributed by atoms with Crippen molar-refractivity contribution in [3.8, 4) is 0 Å². The van der Waals surface area contributed by atoms with Crippen LogP contribution in [0.3, 0.4) is 0 Å². The van der Waals surface area contributed by atoms with Crippen molar-refractivity contribution < 1.29 is 4.79 Å². The van der Waals surface area contributed by atoms with Crippen LogP contribution >= 0.6 is 11.3 Å². The van der Waals surface area contributed by atoms with Crippen molar-refractivity contribution in [2.75, 3.05) is 19.0 Å². The van der Waals surface area contributed by atoms with Gasteiger partial charge in [0.15, 0.2) is 0 Å². The molecule has 0 aliphatic heterocycles. The van der Waals surface area contributed by atoms with Crippen molar-refractivity contribution in [2.45, 2.75) is 13.3 Å². The number of hydrogen-bond acceptors (Lipinski definition) is 5.